The Hall–Kier alpha value is -1.82. The van der Waals surface area contributed by atoms with E-state index >= 15 is 0 Å². The van der Waals surface area contributed by atoms with Gasteiger partial charge in [-0.3, -0.25) is 9.59 Å². The molecule has 1 atom stereocenters. The van der Waals surface area contributed by atoms with Gasteiger partial charge in [0.25, 0.3) is 5.91 Å². The van der Waals surface area contributed by atoms with E-state index in [0.717, 1.165) is 12.0 Å². The quantitative estimate of drug-likeness (QED) is 0.630. The Balaban J connectivity index is 2.22. The second-order valence-corrected chi connectivity index (χ2v) is 5.47. The van der Waals surface area contributed by atoms with Crippen LogP contribution >= 0.6 is 0 Å². The predicted molar refractivity (Wildman–Crippen MR) is 80.9 cm³/mol. The average molecular weight is 295 g/mol. The number of aryl methyl sites for hydroxylation is 1. The van der Waals surface area contributed by atoms with E-state index in [0.29, 0.717) is 31.7 Å². The molecule has 0 bridgehead atoms. The van der Waals surface area contributed by atoms with E-state index in [2.05, 4.69) is 10.6 Å². The number of rotatable bonds is 8. The predicted octanol–water partition coefficient (Wildman–Crippen LogP) is 1.34. The summed E-state index contributed by atoms with van der Waals surface area (Å²) in [5, 5.41) is 5.54. The molecule has 0 fully saturated rings. The number of furan rings is 1. The summed E-state index contributed by atoms with van der Waals surface area (Å²) in [5.74, 6) is -0.0625. The fraction of sp³-hybridized carbons (Fsp3) is 0.600. The molecule has 0 radical (unpaired) electrons. The van der Waals surface area contributed by atoms with Crippen LogP contribution < -0.4 is 16.4 Å². The van der Waals surface area contributed by atoms with Crippen molar-refractivity contribution in [2.75, 3.05) is 13.1 Å². The van der Waals surface area contributed by atoms with Crippen LogP contribution in [0.5, 0.6) is 0 Å². The third kappa shape index (κ3) is 5.23. The van der Waals surface area contributed by atoms with Crippen LogP contribution in [0.2, 0.25) is 0 Å². The third-order valence-electron chi connectivity index (χ3n) is 3.28. The fourth-order valence-electron chi connectivity index (χ4n) is 2.01. The topological polar surface area (TPSA) is 97.4 Å². The number of nitrogens with two attached hydrogens (primary N) is 1. The first-order valence-electron chi connectivity index (χ1n) is 7.28. The Bertz CT molecular complexity index is 480. The lowest BCUT2D eigenvalue weighted by molar-refractivity contribution is -0.126. The first kappa shape index (κ1) is 17.2. The van der Waals surface area contributed by atoms with Gasteiger partial charge in [0.1, 0.15) is 0 Å². The second kappa shape index (κ2) is 7.83. The van der Waals surface area contributed by atoms with Crippen LogP contribution in [-0.4, -0.2) is 30.4 Å². The Morgan fingerprint density at radius 3 is 2.57 bits per heavy atom. The number of carbonyl (C=O) groups excluding carboxylic acids is 2. The van der Waals surface area contributed by atoms with E-state index in [9.17, 15) is 9.59 Å². The minimum atomic E-state index is -0.830. The van der Waals surface area contributed by atoms with Gasteiger partial charge in [-0.15, -0.1) is 0 Å². The molecule has 1 heterocycles. The number of hydrogen-bond acceptors (Lipinski definition) is 4. The van der Waals surface area contributed by atoms with E-state index in [1.54, 1.807) is 13.0 Å². The van der Waals surface area contributed by atoms with Crippen molar-refractivity contribution in [1.29, 1.82) is 0 Å². The highest BCUT2D eigenvalue weighted by molar-refractivity contribution is 5.92. The molecule has 0 aliphatic carbocycles. The van der Waals surface area contributed by atoms with Crippen LogP contribution in [-0.2, 0) is 4.79 Å². The SMILES string of the molecule is CCCC(C)(N)C(=O)NCCCNC(=O)c1occc1C. The highest BCUT2D eigenvalue weighted by Crippen LogP contribution is 2.09. The first-order chi connectivity index (χ1) is 9.88. The van der Waals surface area contributed by atoms with Gasteiger partial charge >= 0.3 is 0 Å². The number of amides is 2. The summed E-state index contributed by atoms with van der Waals surface area (Å²) in [5.41, 5.74) is 5.90. The zero-order valence-corrected chi connectivity index (χ0v) is 13.0. The van der Waals surface area contributed by atoms with E-state index < -0.39 is 5.54 Å². The van der Waals surface area contributed by atoms with Crippen LogP contribution in [0.3, 0.4) is 0 Å². The summed E-state index contributed by atoms with van der Waals surface area (Å²) in [6, 6.07) is 1.74. The largest absolute Gasteiger partial charge is 0.459 e. The third-order valence-corrected chi connectivity index (χ3v) is 3.28. The zero-order valence-electron chi connectivity index (χ0n) is 13.0. The number of nitrogens with one attached hydrogen (secondary N) is 2. The van der Waals surface area contributed by atoms with Gasteiger partial charge in [-0.25, -0.2) is 0 Å². The van der Waals surface area contributed by atoms with Crippen molar-refractivity contribution in [3.05, 3.63) is 23.7 Å². The van der Waals surface area contributed by atoms with Gasteiger partial charge in [-0.05, 0) is 32.8 Å². The molecule has 0 aliphatic rings. The van der Waals surface area contributed by atoms with Gasteiger partial charge in [0.05, 0.1) is 11.8 Å². The van der Waals surface area contributed by atoms with Crippen molar-refractivity contribution >= 4 is 11.8 Å². The Morgan fingerprint density at radius 2 is 2.00 bits per heavy atom. The summed E-state index contributed by atoms with van der Waals surface area (Å²) in [4.78, 5) is 23.6. The molecule has 2 amide bonds. The Kier molecular flexibility index (Phi) is 6.42. The van der Waals surface area contributed by atoms with Gasteiger partial charge in [-0.2, -0.15) is 0 Å². The summed E-state index contributed by atoms with van der Waals surface area (Å²) in [6.45, 7) is 6.48. The molecule has 1 unspecified atom stereocenters. The van der Waals surface area contributed by atoms with Gasteiger partial charge in [0.15, 0.2) is 5.76 Å². The van der Waals surface area contributed by atoms with Crippen molar-refractivity contribution in [2.24, 2.45) is 5.73 Å². The van der Waals surface area contributed by atoms with Crippen LogP contribution in [0.15, 0.2) is 16.7 Å². The molecule has 0 spiro atoms. The average Bonchev–Trinajstić information content (AvgIpc) is 2.84. The summed E-state index contributed by atoms with van der Waals surface area (Å²) in [7, 11) is 0. The van der Waals surface area contributed by atoms with E-state index in [4.69, 9.17) is 10.2 Å². The normalized spacial score (nSPS) is 13.5. The Morgan fingerprint density at radius 1 is 1.33 bits per heavy atom. The van der Waals surface area contributed by atoms with Gasteiger partial charge < -0.3 is 20.8 Å². The molecule has 118 valence electrons. The highest BCUT2D eigenvalue weighted by atomic mass is 16.3. The lowest BCUT2D eigenvalue weighted by Crippen LogP contribution is -2.51. The summed E-state index contributed by atoms with van der Waals surface area (Å²) < 4.78 is 5.09. The number of carbonyl (C=O) groups is 2. The van der Waals surface area contributed by atoms with Gasteiger partial charge in [0, 0.05) is 18.7 Å². The van der Waals surface area contributed by atoms with Crippen molar-refractivity contribution in [3.63, 3.8) is 0 Å². The minimum Gasteiger partial charge on any atom is -0.459 e. The molecule has 1 aromatic rings. The summed E-state index contributed by atoms with van der Waals surface area (Å²) in [6.07, 6.45) is 3.63. The summed E-state index contributed by atoms with van der Waals surface area (Å²) >= 11 is 0. The highest BCUT2D eigenvalue weighted by Gasteiger charge is 2.26. The molecule has 0 aliphatic heterocycles. The molecular formula is C15H25N3O3. The molecule has 6 nitrogen and oxygen atoms in total. The van der Waals surface area contributed by atoms with Crippen molar-refractivity contribution in [3.8, 4) is 0 Å². The maximum Gasteiger partial charge on any atom is 0.287 e. The lowest BCUT2D eigenvalue weighted by atomic mass is 9.96. The molecule has 4 N–H and O–H groups in total. The number of hydrogen-bond donors (Lipinski definition) is 3. The standard InChI is InChI=1S/C15H25N3O3/c1-4-7-15(3,16)14(20)18-9-5-8-17-13(19)12-11(2)6-10-21-12/h6,10H,4-5,7-9,16H2,1-3H3,(H,17,19)(H,18,20). The zero-order chi connectivity index (χ0) is 15.9. The van der Waals surface area contributed by atoms with Crippen LogP contribution in [0.4, 0.5) is 0 Å². The molecule has 21 heavy (non-hydrogen) atoms. The van der Waals surface area contributed by atoms with E-state index in [1.165, 1.54) is 6.26 Å². The second-order valence-electron chi connectivity index (χ2n) is 5.47. The van der Waals surface area contributed by atoms with Gasteiger partial charge in [-0.1, -0.05) is 13.3 Å². The molecule has 6 heteroatoms. The fourth-order valence-corrected chi connectivity index (χ4v) is 2.01. The van der Waals surface area contributed by atoms with Crippen molar-refractivity contribution in [1.82, 2.24) is 10.6 Å². The molecular weight excluding hydrogens is 270 g/mol. The smallest absolute Gasteiger partial charge is 0.287 e. The van der Waals surface area contributed by atoms with Crippen LogP contribution in [0.1, 0.15) is 49.2 Å². The van der Waals surface area contributed by atoms with Gasteiger partial charge in [0.2, 0.25) is 5.91 Å². The Labute approximate surface area is 125 Å². The first-order valence-corrected chi connectivity index (χ1v) is 7.28. The van der Waals surface area contributed by atoms with E-state index in [1.807, 2.05) is 13.8 Å². The molecule has 1 aromatic heterocycles. The minimum absolute atomic E-state index is 0.155. The van der Waals surface area contributed by atoms with Crippen molar-refractivity contribution < 1.29 is 14.0 Å². The van der Waals surface area contributed by atoms with E-state index in [-0.39, 0.29) is 11.8 Å². The molecule has 0 saturated heterocycles. The maximum absolute atomic E-state index is 11.8. The molecule has 0 aromatic carbocycles. The van der Waals surface area contributed by atoms with Crippen LogP contribution in [0, 0.1) is 6.92 Å². The monoisotopic (exact) mass is 295 g/mol. The molecule has 1 rings (SSSR count). The van der Waals surface area contributed by atoms with Crippen molar-refractivity contribution in [2.45, 2.75) is 45.6 Å². The molecule has 0 saturated carbocycles. The van der Waals surface area contributed by atoms with Crippen LogP contribution in [0.25, 0.3) is 0 Å². The maximum atomic E-state index is 11.8. The lowest BCUT2D eigenvalue weighted by Gasteiger charge is -2.22.